The number of fused-ring (bicyclic) bond motifs is 1. The van der Waals surface area contributed by atoms with Gasteiger partial charge in [-0.25, -0.2) is 0 Å². The first kappa shape index (κ1) is 16.6. The lowest BCUT2D eigenvalue weighted by Gasteiger charge is -2.26. The normalized spacial score (nSPS) is 26.5. The van der Waals surface area contributed by atoms with E-state index in [4.69, 9.17) is 14.2 Å². The van der Waals surface area contributed by atoms with Crippen LogP contribution in [0, 0.1) is 5.41 Å². The zero-order valence-corrected chi connectivity index (χ0v) is 14.6. The van der Waals surface area contributed by atoms with E-state index in [1.54, 1.807) is 19.1 Å². The van der Waals surface area contributed by atoms with Gasteiger partial charge in [0.15, 0.2) is 23.4 Å². The number of benzene rings is 1. The van der Waals surface area contributed by atoms with Gasteiger partial charge >= 0.3 is 5.97 Å². The van der Waals surface area contributed by atoms with Gasteiger partial charge in [0.2, 0.25) is 5.91 Å². The number of carbonyl (C=O) groups excluding carboxylic acids is 3. The molecule has 1 aromatic rings. The first-order chi connectivity index (χ1) is 12.5. The van der Waals surface area contributed by atoms with Crippen LogP contribution in [0.4, 0.5) is 0 Å². The average Bonchev–Trinajstić information content (AvgIpc) is 3.08. The summed E-state index contributed by atoms with van der Waals surface area (Å²) in [6.07, 6.45) is 1.59. The number of amides is 1. The number of hydrogen-bond donors (Lipinski definition) is 0. The Morgan fingerprint density at radius 3 is 2.69 bits per heavy atom. The summed E-state index contributed by atoms with van der Waals surface area (Å²) in [4.78, 5) is 38.5. The summed E-state index contributed by atoms with van der Waals surface area (Å²) in [5.41, 5.74) is 0.491. The molecule has 1 aliphatic carbocycles. The van der Waals surface area contributed by atoms with Crippen LogP contribution in [-0.2, 0) is 25.5 Å². The van der Waals surface area contributed by atoms with Crippen LogP contribution in [0.3, 0.4) is 0 Å². The maximum Gasteiger partial charge on any atom is 0.319 e. The first-order valence-corrected chi connectivity index (χ1v) is 8.47. The van der Waals surface area contributed by atoms with E-state index in [1.165, 1.54) is 6.08 Å². The average molecular weight is 357 g/mol. The number of esters is 1. The summed E-state index contributed by atoms with van der Waals surface area (Å²) in [5.74, 6) is 0.397. The second kappa shape index (κ2) is 5.86. The van der Waals surface area contributed by atoms with Crippen molar-refractivity contribution >= 4 is 17.7 Å². The van der Waals surface area contributed by atoms with Crippen molar-refractivity contribution in [1.29, 1.82) is 0 Å². The predicted octanol–water partition coefficient (Wildman–Crippen LogP) is 1.25. The molecule has 4 rings (SSSR count). The summed E-state index contributed by atoms with van der Waals surface area (Å²) in [7, 11) is 3.14. The van der Waals surface area contributed by atoms with E-state index in [9.17, 15) is 14.4 Å². The molecule has 0 aromatic heterocycles. The lowest BCUT2D eigenvalue weighted by Crippen LogP contribution is -2.34. The lowest BCUT2D eigenvalue weighted by atomic mass is 9.76. The molecule has 2 aliphatic heterocycles. The molecule has 0 radical (unpaired) electrons. The number of methoxy groups -OCH3 is 2. The molecule has 136 valence electrons. The van der Waals surface area contributed by atoms with Crippen molar-refractivity contribution in [2.24, 2.45) is 5.41 Å². The van der Waals surface area contributed by atoms with E-state index in [-0.39, 0.29) is 24.5 Å². The SMILES string of the molecule is COc1ccc(CCN2C(=O)C[C@@]34C[C@@H](OC3=O)C(=O)C=C24)cc1OC. The highest BCUT2D eigenvalue weighted by Gasteiger charge is 2.62. The highest BCUT2D eigenvalue weighted by Crippen LogP contribution is 2.52. The molecule has 1 amide bonds. The van der Waals surface area contributed by atoms with Crippen LogP contribution in [0.5, 0.6) is 11.5 Å². The Hall–Kier alpha value is -2.83. The molecule has 0 saturated carbocycles. The molecule has 0 unspecified atom stereocenters. The summed E-state index contributed by atoms with van der Waals surface area (Å²) in [6, 6.07) is 5.57. The summed E-state index contributed by atoms with van der Waals surface area (Å²) >= 11 is 0. The van der Waals surface area contributed by atoms with Crippen LogP contribution in [0.2, 0.25) is 0 Å². The number of likely N-dealkylation sites (tertiary alicyclic amines) is 1. The Bertz CT molecular complexity index is 844. The van der Waals surface area contributed by atoms with Crippen LogP contribution >= 0.6 is 0 Å². The number of ketones is 1. The zero-order chi connectivity index (χ0) is 18.5. The van der Waals surface area contributed by atoms with Gasteiger partial charge in [-0.15, -0.1) is 0 Å². The van der Waals surface area contributed by atoms with Gasteiger partial charge in [-0.3, -0.25) is 14.4 Å². The molecule has 2 bridgehead atoms. The Morgan fingerprint density at radius 1 is 1.19 bits per heavy atom. The monoisotopic (exact) mass is 357 g/mol. The molecule has 3 aliphatic rings. The van der Waals surface area contributed by atoms with Crippen molar-refractivity contribution < 1.29 is 28.6 Å². The van der Waals surface area contributed by atoms with Gasteiger partial charge in [-0.05, 0) is 24.1 Å². The van der Waals surface area contributed by atoms with Crippen molar-refractivity contribution in [2.45, 2.75) is 25.4 Å². The third-order valence-corrected chi connectivity index (χ3v) is 5.38. The highest BCUT2D eigenvalue weighted by molar-refractivity contribution is 6.06. The van der Waals surface area contributed by atoms with E-state index in [2.05, 4.69) is 0 Å². The molecule has 7 heteroatoms. The van der Waals surface area contributed by atoms with Gasteiger partial charge < -0.3 is 19.1 Å². The van der Waals surface area contributed by atoms with E-state index >= 15 is 0 Å². The van der Waals surface area contributed by atoms with Crippen LogP contribution < -0.4 is 9.47 Å². The molecular formula is C19H19NO6. The Morgan fingerprint density at radius 2 is 1.96 bits per heavy atom. The molecule has 26 heavy (non-hydrogen) atoms. The van der Waals surface area contributed by atoms with Crippen LogP contribution in [0.15, 0.2) is 30.0 Å². The quantitative estimate of drug-likeness (QED) is 0.738. The minimum Gasteiger partial charge on any atom is -0.493 e. The number of rotatable bonds is 5. The van der Waals surface area contributed by atoms with Crippen LogP contribution in [-0.4, -0.2) is 49.4 Å². The van der Waals surface area contributed by atoms with E-state index < -0.39 is 17.5 Å². The van der Waals surface area contributed by atoms with E-state index in [0.29, 0.717) is 30.2 Å². The predicted molar refractivity (Wildman–Crippen MR) is 89.6 cm³/mol. The molecule has 2 saturated heterocycles. The van der Waals surface area contributed by atoms with Crippen molar-refractivity contribution in [1.82, 2.24) is 4.90 Å². The fraction of sp³-hybridized carbons (Fsp3) is 0.421. The number of nitrogens with zero attached hydrogens (tertiary/aromatic N) is 1. The van der Waals surface area contributed by atoms with Crippen molar-refractivity contribution in [2.75, 3.05) is 20.8 Å². The van der Waals surface area contributed by atoms with Gasteiger partial charge in [-0.1, -0.05) is 6.07 Å². The third kappa shape index (κ3) is 2.30. The standard InChI is InChI=1S/C19H19NO6/c1-24-13-4-3-11(7-14(13)25-2)5-6-20-16-8-12(21)15-9-19(16,10-17(20)22)18(23)26-15/h3-4,7-8,15H,5-6,9-10H2,1-2H3/t15-,19-/m1/s1. The van der Waals surface area contributed by atoms with Gasteiger partial charge in [0, 0.05) is 31.2 Å². The molecule has 0 N–H and O–H groups in total. The van der Waals surface area contributed by atoms with Crippen LogP contribution in [0.1, 0.15) is 18.4 Å². The zero-order valence-electron chi connectivity index (χ0n) is 14.6. The van der Waals surface area contributed by atoms with Crippen molar-refractivity contribution in [3.8, 4) is 11.5 Å². The molecular weight excluding hydrogens is 338 g/mol. The Balaban J connectivity index is 1.57. The van der Waals surface area contributed by atoms with E-state index in [1.807, 2.05) is 18.2 Å². The number of hydrogen-bond acceptors (Lipinski definition) is 6. The molecule has 1 spiro atoms. The fourth-order valence-electron chi connectivity index (χ4n) is 4.00. The Kier molecular flexibility index (Phi) is 3.75. The summed E-state index contributed by atoms with van der Waals surface area (Å²) < 4.78 is 15.7. The topological polar surface area (TPSA) is 82.1 Å². The molecule has 2 fully saturated rings. The van der Waals surface area contributed by atoms with Gasteiger partial charge in [0.1, 0.15) is 5.41 Å². The smallest absolute Gasteiger partial charge is 0.319 e. The third-order valence-electron chi connectivity index (χ3n) is 5.38. The first-order valence-electron chi connectivity index (χ1n) is 8.47. The Labute approximate surface area is 150 Å². The minimum absolute atomic E-state index is 0.0768. The summed E-state index contributed by atoms with van der Waals surface area (Å²) in [5, 5.41) is 0. The molecule has 7 nitrogen and oxygen atoms in total. The molecule has 2 atom stereocenters. The summed E-state index contributed by atoms with van der Waals surface area (Å²) in [6.45, 7) is 0.382. The van der Waals surface area contributed by atoms with Crippen molar-refractivity contribution in [3.05, 3.63) is 35.5 Å². The van der Waals surface area contributed by atoms with Crippen molar-refractivity contribution in [3.63, 3.8) is 0 Å². The second-order valence-electron chi connectivity index (χ2n) is 6.77. The van der Waals surface area contributed by atoms with Gasteiger partial charge in [0.05, 0.1) is 14.2 Å². The molecule has 1 aromatic carbocycles. The van der Waals surface area contributed by atoms with Crippen LogP contribution in [0.25, 0.3) is 0 Å². The number of carbonyl (C=O) groups is 3. The maximum absolute atomic E-state index is 12.5. The van der Waals surface area contributed by atoms with Gasteiger partial charge in [-0.2, -0.15) is 0 Å². The largest absolute Gasteiger partial charge is 0.493 e. The number of ether oxygens (including phenoxy) is 3. The minimum atomic E-state index is -0.965. The van der Waals surface area contributed by atoms with Gasteiger partial charge in [0.25, 0.3) is 0 Å². The second-order valence-corrected chi connectivity index (χ2v) is 6.77. The van der Waals surface area contributed by atoms with E-state index in [0.717, 1.165) is 5.56 Å². The highest BCUT2D eigenvalue weighted by atomic mass is 16.6. The molecule has 2 heterocycles. The fourth-order valence-corrected chi connectivity index (χ4v) is 4.00. The maximum atomic E-state index is 12.5. The lowest BCUT2D eigenvalue weighted by molar-refractivity contribution is -0.149.